The summed E-state index contributed by atoms with van der Waals surface area (Å²) >= 11 is 0. The van der Waals surface area contributed by atoms with Crippen LogP contribution < -0.4 is 19.7 Å². The molecule has 1 saturated heterocycles. The Morgan fingerprint density at radius 2 is 1.79 bits per heavy atom. The molecule has 4 rings (SSSR count). The van der Waals surface area contributed by atoms with E-state index in [1.807, 2.05) is 19.1 Å². The number of urea groups is 1. The summed E-state index contributed by atoms with van der Waals surface area (Å²) in [7, 11) is 6.57. The van der Waals surface area contributed by atoms with Gasteiger partial charge in [0.1, 0.15) is 0 Å². The van der Waals surface area contributed by atoms with Gasteiger partial charge < -0.3 is 24.6 Å². The first-order valence-electron chi connectivity index (χ1n) is 11.4. The maximum absolute atomic E-state index is 15.6. The molecule has 9 heteroatoms. The number of nitrogens with one attached hydrogen (secondary N) is 1. The number of hydrogen-bond donors (Lipinski definition) is 1. The third kappa shape index (κ3) is 4.40. The van der Waals surface area contributed by atoms with Crippen LogP contribution in [0.25, 0.3) is 0 Å². The molecule has 1 atom stereocenters. The van der Waals surface area contributed by atoms with Gasteiger partial charge in [0.2, 0.25) is 0 Å². The fourth-order valence-corrected chi connectivity index (χ4v) is 4.51. The lowest BCUT2D eigenvalue weighted by atomic mass is 9.93. The SMILES string of the molecule is CNC(=O)N1N=C(c2ccc(N3CCN(C)CC3)cc2)c2cc(OC)c(OC)c(F)c2CC1C. The van der Waals surface area contributed by atoms with Crippen LogP contribution in [0.15, 0.2) is 35.4 Å². The number of ether oxygens (including phenoxy) is 2. The molecule has 0 aliphatic carbocycles. The van der Waals surface area contributed by atoms with E-state index in [1.165, 1.54) is 19.2 Å². The summed E-state index contributed by atoms with van der Waals surface area (Å²) in [5.74, 6) is -0.169. The second kappa shape index (κ2) is 9.89. The number of anilines is 1. The molecule has 8 nitrogen and oxygen atoms in total. The van der Waals surface area contributed by atoms with Crippen molar-refractivity contribution in [3.05, 3.63) is 52.8 Å². The van der Waals surface area contributed by atoms with Crippen LogP contribution in [-0.2, 0) is 6.42 Å². The fourth-order valence-electron chi connectivity index (χ4n) is 4.51. The van der Waals surface area contributed by atoms with E-state index >= 15 is 4.39 Å². The lowest BCUT2D eigenvalue weighted by Gasteiger charge is -2.34. The number of rotatable bonds is 4. The molecule has 0 bridgehead atoms. The zero-order chi connectivity index (χ0) is 24.4. The number of halogens is 1. The maximum Gasteiger partial charge on any atom is 0.337 e. The highest BCUT2D eigenvalue weighted by Crippen LogP contribution is 2.38. The van der Waals surface area contributed by atoms with Crippen LogP contribution in [0.3, 0.4) is 0 Å². The molecule has 0 spiro atoms. The molecule has 1 unspecified atom stereocenters. The van der Waals surface area contributed by atoms with Crippen LogP contribution in [0.4, 0.5) is 14.9 Å². The Hall–Kier alpha value is -3.33. The van der Waals surface area contributed by atoms with Crippen LogP contribution in [0, 0.1) is 5.82 Å². The van der Waals surface area contributed by atoms with Gasteiger partial charge in [0.15, 0.2) is 17.3 Å². The van der Waals surface area contributed by atoms with Crippen molar-refractivity contribution in [2.75, 3.05) is 59.4 Å². The highest BCUT2D eigenvalue weighted by molar-refractivity contribution is 6.14. The minimum Gasteiger partial charge on any atom is -0.493 e. The summed E-state index contributed by atoms with van der Waals surface area (Å²) in [6.45, 7) is 5.80. The van der Waals surface area contributed by atoms with Gasteiger partial charge in [-0.15, -0.1) is 0 Å². The number of methoxy groups -OCH3 is 2. The Balaban J connectivity index is 1.81. The summed E-state index contributed by atoms with van der Waals surface area (Å²) in [6.07, 6.45) is 0.279. The summed E-state index contributed by atoms with van der Waals surface area (Å²) < 4.78 is 26.3. The number of likely N-dealkylation sites (N-methyl/N-ethyl adjacent to an activating group) is 1. The van der Waals surface area contributed by atoms with Gasteiger partial charge in [-0.25, -0.2) is 14.2 Å². The van der Waals surface area contributed by atoms with Crippen molar-refractivity contribution in [2.45, 2.75) is 19.4 Å². The number of piperazine rings is 1. The average Bonchev–Trinajstić information content (AvgIpc) is 3.00. The van der Waals surface area contributed by atoms with Gasteiger partial charge in [-0.3, -0.25) is 0 Å². The van der Waals surface area contributed by atoms with Crippen molar-refractivity contribution in [3.63, 3.8) is 0 Å². The summed E-state index contributed by atoms with van der Waals surface area (Å²) in [6, 6.07) is 9.08. The third-order valence-electron chi connectivity index (χ3n) is 6.52. The topological polar surface area (TPSA) is 69.6 Å². The molecular weight excluding hydrogens is 437 g/mol. The highest BCUT2D eigenvalue weighted by Gasteiger charge is 2.31. The summed E-state index contributed by atoms with van der Waals surface area (Å²) in [4.78, 5) is 17.3. The molecule has 2 heterocycles. The second-order valence-corrected chi connectivity index (χ2v) is 8.69. The zero-order valence-corrected chi connectivity index (χ0v) is 20.4. The van der Waals surface area contributed by atoms with Crippen LogP contribution in [0.5, 0.6) is 11.5 Å². The fraction of sp³-hybridized carbons (Fsp3) is 0.440. The standard InChI is InChI=1S/C25H32FN5O3/c1-16-14-19-20(15-21(33-4)24(34-5)22(19)26)23(28-31(16)25(32)27-2)17-6-8-18(9-7-17)30-12-10-29(3)11-13-30/h6-9,15-16H,10-14H2,1-5H3,(H,27,32). The van der Waals surface area contributed by atoms with E-state index in [2.05, 4.69) is 34.3 Å². The van der Waals surface area contributed by atoms with Crippen molar-refractivity contribution in [1.82, 2.24) is 15.2 Å². The van der Waals surface area contributed by atoms with E-state index in [1.54, 1.807) is 13.1 Å². The largest absolute Gasteiger partial charge is 0.493 e. The van der Waals surface area contributed by atoms with E-state index in [4.69, 9.17) is 14.6 Å². The van der Waals surface area contributed by atoms with E-state index in [0.29, 0.717) is 16.8 Å². The Bertz CT molecular complexity index is 1080. The Labute approximate surface area is 199 Å². The molecular formula is C25H32FN5O3. The number of nitrogens with zero attached hydrogens (tertiary/aromatic N) is 4. The van der Waals surface area contributed by atoms with E-state index in [-0.39, 0.29) is 30.0 Å². The summed E-state index contributed by atoms with van der Waals surface area (Å²) in [5, 5.41) is 8.73. The third-order valence-corrected chi connectivity index (χ3v) is 6.52. The van der Waals surface area contributed by atoms with Gasteiger partial charge in [-0.1, -0.05) is 12.1 Å². The normalized spacial score (nSPS) is 18.6. The molecule has 2 amide bonds. The molecule has 0 radical (unpaired) electrons. The minimum atomic E-state index is -0.496. The van der Waals surface area contributed by atoms with Crippen LogP contribution in [-0.4, -0.2) is 82.2 Å². The van der Waals surface area contributed by atoms with Crippen molar-refractivity contribution in [3.8, 4) is 11.5 Å². The van der Waals surface area contributed by atoms with Crippen LogP contribution in [0.2, 0.25) is 0 Å². The van der Waals surface area contributed by atoms with Gasteiger partial charge in [-0.05, 0) is 38.6 Å². The zero-order valence-electron chi connectivity index (χ0n) is 20.4. The van der Waals surface area contributed by atoms with Gasteiger partial charge in [0.05, 0.1) is 26.0 Å². The number of hydrazone groups is 1. The highest BCUT2D eigenvalue weighted by atomic mass is 19.1. The van der Waals surface area contributed by atoms with Crippen molar-refractivity contribution < 1.29 is 18.7 Å². The van der Waals surface area contributed by atoms with Crippen molar-refractivity contribution in [2.24, 2.45) is 5.10 Å². The molecule has 0 aromatic heterocycles. The van der Waals surface area contributed by atoms with E-state index in [9.17, 15) is 4.79 Å². The smallest absolute Gasteiger partial charge is 0.337 e. The first-order valence-corrected chi connectivity index (χ1v) is 11.4. The molecule has 182 valence electrons. The predicted octanol–water partition coefficient (Wildman–Crippen LogP) is 2.93. The second-order valence-electron chi connectivity index (χ2n) is 8.69. The van der Waals surface area contributed by atoms with Crippen LogP contribution in [0.1, 0.15) is 23.6 Å². The molecule has 2 aromatic carbocycles. The number of carbonyl (C=O) groups excluding carboxylic acids is 1. The lowest BCUT2D eigenvalue weighted by Crippen LogP contribution is -2.44. The summed E-state index contributed by atoms with van der Waals surface area (Å²) in [5.41, 5.74) is 3.45. The number of hydrogen-bond acceptors (Lipinski definition) is 6. The van der Waals surface area contributed by atoms with E-state index < -0.39 is 5.82 Å². The van der Waals surface area contributed by atoms with Crippen LogP contribution >= 0.6 is 0 Å². The van der Waals surface area contributed by atoms with Gasteiger partial charge in [0, 0.05) is 55.6 Å². The predicted molar refractivity (Wildman–Crippen MR) is 131 cm³/mol. The Morgan fingerprint density at radius 1 is 1.12 bits per heavy atom. The number of benzene rings is 2. The average molecular weight is 470 g/mol. The number of carbonyl (C=O) groups is 1. The van der Waals surface area contributed by atoms with E-state index in [0.717, 1.165) is 37.4 Å². The first-order chi connectivity index (χ1) is 16.4. The molecule has 2 aliphatic rings. The van der Waals surface area contributed by atoms with Crippen molar-refractivity contribution in [1.29, 1.82) is 0 Å². The molecule has 2 aromatic rings. The quantitative estimate of drug-likeness (QED) is 0.746. The van der Waals surface area contributed by atoms with Gasteiger partial charge in [0.25, 0.3) is 0 Å². The molecule has 2 aliphatic heterocycles. The lowest BCUT2D eigenvalue weighted by molar-refractivity contribution is 0.184. The molecule has 1 N–H and O–H groups in total. The monoisotopic (exact) mass is 469 g/mol. The molecule has 1 fully saturated rings. The van der Waals surface area contributed by atoms with Gasteiger partial charge >= 0.3 is 6.03 Å². The van der Waals surface area contributed by atoms with Gasteiger partial charge in [-0.2, -0.15) is 5.10 Å². The molecule has 0 saturated carbocycles. The maximum atomic E-state index is 15.6. The Morgan fingerprint density at radius 3 is 2.38 bits per heavy atom. The first kappa shape index (κ1) is 23.8. The Kier molecular flexibility index (Phi) is 6.92. The molecule has 34 heavy (non-hydrogen) atoms. The number of amides is 2. The minimum absolute atomic E-state index is 0.0478. The number of fused-ring (bicyclic) bond motifs is 1. The van der Waals surface area contributed by atoms with Crippen molar-refractivity contribution >= 4 is 17.4 Å².